The van der Waals surface area contributed by atoms with Gasteiger partial charge in [-0.25, -0.2) is 4.79 Å². The molecule has 2 aliphatic carbocycles. The van der Waals surface area contributed by atoms with E-state index in [2.05, 4.69) is 30.5 Å². The summed E-state index contributed by atoms with van der Waals surface area (Å²) in [7, 11) is 0.990. The van der Waals surface area contributed by atoms with Gasteiger partial charge < -0.3 is 15.0 Å². The highest BCUT2D eigenvalue weighted by Crippen LogP contribution is 2.67. The van der Waals surface area contributed by atoms with Crippen molar-refractivity contribution in [1.82, 2.24) is 10.2 Å². The molecule has 5 heteroatoms. The van der Waals surface area contributed by atoms with Crippen molar-refractivity contribution in [1.29, 1.82) is 0 Å². The van der Waals surface area contributed by atoms with Crippen LogP contribution in [0, 0.1) is 0 Å². The SMILES string of the molecule is CC(C)(C)OC(=O)N1CCCC1CCNC1CC2=CC=C3PC3(C)C=C2C1. The summed E-state index contributed by atoms with van der Waals surface area (Å²) in [5.74, 6) is 0. The van der Waals surface area contributed by atoms with E-state index in [1.165, 1.54) is 5.57 Å². The first-order valence-electron chi connectivity index (χ1n) is 10.4. The summed E-state index contributed by atoms with van der Waals surface area (Å²) >= 11 is 0. The smallest absolute Gasteiger partial charge is 0.410 e. The summed E-state index contributed by atoms with van der Waals surface area (Å²) in [6, 6.07) is 0.856. The molecule has 4 nitrogen and oxygen atoms in total. The van der Waals surface area contributed by atoms with Gasteiger partial charge in [-0.15, -0.1) is 0 Å². The van der Waals surface area contributed by atoms with E-state index in [0.29, 0.717) is 17.2 Å². The Kier molecular flexibility index (Phi) is 5.01. The highest BCUT2D eigenvalue weighted by Gasteiger charge is 2.44. The number of carbonyl (C=O) groups is 1. The molecule has 2 heterocycles. The lowest BCUT2D eigenvalue weighted by Crippen LogP contribution is -2.41. The molecule has 4 atom stereocenters. The van der Waals surface area contributed by atoms with Gasteiger partial charge in [-0.05, 0) is 82.8 Å². The predicted octanol–water partition coefficient (Wildman–Crippen LogP) is 4.73. The van der Waals surface area contributed by atoms with Gasteiger partial charge in [-0.2, -0.15) is 0 Å². The minimum absolute atomic E-state index is 0.149. The van der Waals surface area contributed by atoms with Gasteiger partial charge in [0.2, 0.25) is 0 Å². The Bertz CT molecular complexity index is 718. The van der Waals surface area contributed by atoms with Crippen LogP contribution in [0.15, 0.2) is 34.7 Å². The average Bonchev–Trinajstić information content (AvgIpc) is 2.91. The molecule has 1 amide bonds. The molecule has 0 aromatic heterocycles. The third-order valence-corrected chi connectivity index (χ3v) is 7.70. The molecule has 4 rings (SSSR count). The molecule has 27 heavy (non-hydrogen) atoms. The summed E-state index contributed by atoms with van der Waals surface area (Å²) in [6.07, 6.45) is 12.6. The van der Waals surface area contributed by atoms with Crippen molar-refractivity contribution >= 4 is 14.7 Å². The van der Waals surface area contributed by atoms with Crippen molar-refractivity contribution in [2.45, 2.75) is 82.6 Å². The lowest BCUT2D eigenvalue weighted by atomic mass is 10.1. The fourth-order valence-electron chi connectivity index (χ4n) is 4.60. The molecule has 0 aromatic carbocycles. The van der Waals surface area contributed by atoms with Gasteiger partial charge in [-0.3, -0.25) is 0 Å². The Balaban J connectivity index is 1.26. The minimum Gasteiger partial charge on any atom is -0.444 e. The second kappa shape index (κ2) is 7.04. The highest BCUT2D eigenvalue weighted by atomic mass is 31.1. The van der Waals surface area contributed by atoms with E-state index in [1.807, 2.05) is 25.7 Å². The first-order valence-corrected chi connectivity index (χ1v) is 11.4. The van der Waals surface area contributed by atoms with Crippen LogP contribution in [0.1, 0.15) is 59.8 Å². The third-order valence-electron chi connectivity index (χ3n) is 6.07. The van der Waals surface area contributed by atoms with Crippen LogP contribution in [0.4, 0.5) is 4.79 Å². The topological polar surface area (TPSA) is 41.6 Å². The van der Waals surface area contributed by atoms with Gasteiger partial charge in [0, 0.05) is 23.8 Å². The summed E-state index contributed by atoms with van der Waals surface area (Å²) in [5.41, 5.74) is 2.66. The number of carbonyl (C=O) groups excluding carboxylic acids is 1. The Morgan fingerprint density at radius 3 is 2.89 bits per heavy atom. The van der Waals surface area contributed by atoms with Gasteiger partial charge in [0.1, 0.15) is 5.60 Å². The Labute approximate surface area is 165 Å². The molecule has 4 aliphatic rings. The molecule has 148 valence electrons. The molecule has 0 bridgehead atoms. The van der Waals surface area contributed by atoms with Crippen molar-refractivity contribution < 1.29 is 9.53 Å². The molecule has 0 radical (unpaired) electrons. The monoisotopic (exact) mass is 388 g/mol. The van der Waals surface area contributed by atoms with Crippen LogP contribution in [0.2, 0.25) is 0 Å². The van der Waals surface area contributed by atoms with Gasteiger partial charge in [0.05, 0.1) is 0 Å². The molecular formula is C22H33N2O2P. The maximum atomic E-state index is 12.4. The van der Waals surface area contributed by atoms with Crippen LogP contribution < -0.4 is 5.32 Å². The zero-order valence-electron chi connectivity index (χ0n) is 17.1. The number of likely N-dealkylation sites (tertiary alicyclic amines) is 1. The Morgan fingerprint density at radius 2 is 2.11 bits per heavy atom. The van der Waals surface area contributed by atoms with Crippen LogP contribution in [0.3, 0.4) is 0 Å². The maximum Gasteiger partial charge on any atom is 0.410 e. The molecule has 2 aliphatic heterocycles. The van der Waals surface area contributed by atoms with Crippen LogP contribution >= 0.6 is 8.58 Å². The second-order valence-electron chi connectivity index (χ2n) is 9.59. The normalized spacial score (nSPS) is 33.0. The summed E-state index contributed by atoms with van der Waals surface area (Å²) in [5, 5.41) is 5.75. The second-order valence-corrected chi connectivity index (χ2v) is 11.4. The van der Waals surface area contributed by atoms with Crippen molar-refractivity contribution in [3.63, 3.8) is 0 Å². The van der Waals surface area contributed by atoms with E-state index in [1.54, 1.807) is 10.9 Å². The zero-order valence-corrected chi connectivity index (χ0v) is 18.1. The van der Waals surface area contributed by atoms with E-state index in [-0.39, 0.29) is 6.09 Å². The average molecular weight is 388 g/mol. The Hall–Kier alpha value is -1.12. The summed E-state index contributed by atoms with van der Waals surface area (Å²) in [4.78, 5) is 14.4. The first-order chi connectivity index (χ1) is 12.7. The standard InChI is InChI=1S/C22H33N2O2P/c1-21(2,3)26-20(25)24-11-5-6-18(24)9-10-23-17-12-15-7-8-19-22(4,27-19)14-16(15)13-17/h7-8,14,17-18,23,27H,5-6,9-13H2,1-4H3. The van der Waals surface area contributed by atoms with Crippen molar-refractivity contribution in [2.75, 3.05) is 13.1 Å². The van der Waals surface area contributed by atoms with Gasteiger partial charge >= 0.3 is 6.09 Å². The molecule has 0 aromatic rings. The number of ether oxygens (including phenoxy) is 1. The number of fused-ring (bicyclic) bond motifs is 2. The van der Waals surface area contributed by atoms with E-state index in [0.717, 1.165) is 53.8 Å². The van der Waals surface area contributed by atoms with Gasteiger partial charge in [0.15, 0.2) is 0 Å². The lowest BCUT2D eigenvalue weighted by molar-refractivity contribution is 0.0220. The maximum absolute atomic E-state index is 12.4. The number of rotatable bonds is 4. The van der Waals surface area contributed by atoms with Crippen LogP contribution in [0.25, 0.3) is 0 Å². The lowest BCUT2D eigenvalue weighted by Gasteiger charge is -2.29. The molecule has 4 unspecified atom stereocenters. The largest absolute Gasteiger partial charge is 0.444 e. The Morgan fingerprint density at radius 1 is 1.33 bits per heavy atom. The zero-order chi connectivity index (χ0) is 19.2. The van der Waals surface area contributed by atoms with Gasteiger partial charge in [0.25, 0.3) is 0 Å². The molecule has 1 saturated carbocycles. The summed E-state index contributed by atoms with van der Waals surface area (Å²) < 4.78 is 5.58. The van der Waals surface area contributed by atoms with Crippen LogP contribution in [-0.4, -0.2) is 46.9 Å². The molecule has 3 fully saturated rings. The molecule has 1 N–H and O–H groups in total. The fourth-order valence-corrected chi connectivity index (χ4v) is 5.66. The van der Waals surface area contributed by atoms with Crippen LogP contribution in [-0.2, 0) is 4.74 Å². The van der Waals surface area contributed by atoms with Gasteiger partial charge in [-0.1, -0.05) is 26.8 Å². The highest BCUT2D eigenvalue weighted by molar-refractivity contribution is 7.56. The number of nitrogens with one attached hydrogen (secondary N) is 1. The first kappa shape index (κ1) is 19.2. The van der Waals surface area contributed by atoms with E-state index in [4.69, 9.17) is 4.74 Å². The van der Waals surface area contributed by atoms with Crippen molar-refractivity contribution in [3.05, 3.63) is 34.7 Å². The van der Waals surface area contributed by atoms with Crippen molar-refractivity contribution in [3.8, 4) is 0 Å². The van der Waals surface area contributed by atoms with E-state index in [9.17, 15) is 4.79 Å². The predicted molar refractivity (Wildman–Crippen MR) is 113 cm³/mol. The quantitative estimate of drug-likeness (QED) is 0.708. The number of hydrogen-bond acceptors (Lipinski definition) is 3. The molecular weight excluding hydrogens is 355 g/mol. The third kappa shape index (κ3) is 4.32. The van der Waals surface area contributed by atoms with Crippen molar-refractivity contribution in [2.24, 2.45) is 0 Å². The molecule has 0 spiro atoms. The van der Waals surface area contributed by atoms with Crippen LogP contribution in [0.5, 0.6) is 0 Å². The summed E-state index contributed by atoms with van der Waals surface area (Å²) in [6.45, 7) is 9.97. The molecule has 2 saturated heterocycles. The van der Waals surface area contributed by atoms with E-state index < -0.39 is 5.60 Å². The number of nitrogens with zero attached hydrogens (tertiary/aromatic N) is 1. The minimum atomic E-state index is -0.421. The fraction of sp³-hybridized carbons (Fsp3) is 0.682. The number of amides is 1. The number of allylic oxidation sites excluding steroid dienone is 4. The van der Waals surface area contributed by atoms with E-state index >= 15 is 0 Å². The number of hydrogen-bond donors (Lipinski definition) is 1.